The zero-order valence-corrected chi connectivity index (χ0v) is 11.9. The van der Waals surface area contributed by atoms with Crippen LogP contribution in [0.5, 0.6) is 0 Å². The van der Waals surface area contributed by atoms with E-state index in [1.807, 2.05) is 0 Å². The highest BCUT2D eigenvalue weighted by Gasteiger charge is 2.44. The summed E-state index contributed by atoms with van der Waals surface area (Å²) in [6.07, 6.45) is 0. The van der Waals surface area contributed by atoms with E-state index in [0.29, 0.717) is 0 Å². The predicted molar refractivity (Wildman–Crippen MR) is 71.2 cm³/mol. The summed E-state index contributed by atoms with van der Waals surface area (Å²) in [4.78, 5) is 33.0. The molecule has 1 aromatic rings. The summed E-state index contributed by atoms with van der Waals surface area (Å²) in [6, 6.07) is 3.03. The summed E-state index contributed by atoms with van der Waals surface area (Å²) in [7, 11) is 0. The van der Waals surface area contributed by atoms with E-state index in [0.717, 1.165) is 11.1 Å². The van der Waals surface area contributed by atoms with Crippen molar-refractivity contribution in [3.05, 3.63) is 38.9 Å². The molecule has 0 saturated carbocycles. The number of imide groups is 1. The molecular weight excluding hydrogens is 316 g/mol. The van der Waals surface area contributed by atoms with E-state index < -0.39 is 27.5 Å². The van der Waals surface area contributed by atoms with E-state index >= 15 is 0 Å². The standard InChI is InChI=1S/C12H11BrN2O4/c1-5-3-7(8(15(18)19)4-6(5)2)9-10(13)12(17)14-11(9)16/h3-4,9-10H,1-2H3,(H,14,16,17). The number of rotatable bonds is 2. The minimum absolute atomic E-state index is 0.137. The van der Waals surface area contributed by atoms with E-state index in [-0.39, 0.29) is 11.3 Å². The maximum absolute atomic E-state index is 11.8. The molecule has 7 heteroatoms. The summed E-state index contributed by atoms with van der Waals surface area (Å²) < 4.78 is 0. The summed E-state index contributed by atoms with van der Waals surface area (Å²) >= 11 is 3.12. The molecule has 2 atom stereocenters. The van der Waals surface area contributed by atoms with Gasteiger partial charge >= 0.3 is 0 Å². The van der Waals surface area contributed by atoms with Crippen LogP contribution in [0.25, 0.3) is 0 Å². The molecule has 0 aliphatic carbocycles. The number of benzene rings is 1. The fraction of sp³-hybridized carbons (Fsp3) is 0.333. The lowest BCUT2D eigenvalue weighted by molar-refractivity contribution is -0.385. The third kappa shape index (κ3) is 2.25. The van der Waals surface area contributed by atoms with Gasteiger partial charge in [0, 0.05) is 11.6 Å². The van der Waals surface area contributed by atoms with Gasteiger partial charge in [0.1, 0.15) is 4.83 Å². The Labute approximate surface area is 117 Å². The number of carbonyl (C=O) groups excluding carboxylic acids is 2. The van der Waals surface area contributed by atoms with Crippen molar-refractivity contribution < 1.29 is 14.5 Å². The lowest BCUT2D eigenvalue weighted by Crippen LogP contribution is -2.22. The Hall–Kier alpha value is -1.76. The van der Waals surface area contributed by atoms with Gasteiger partial charge in [0.2, 0.25) is 11.8 Å². The number of nitrogens with one attached hydrogen (secondary N) is 1. The first-order valence-corrected chi connectivity index (χ1v) is 6.48. The Morgan fingerprint density at radius 3 is 2.26 bits per heavy atom. The maximum Gasteiger partial charge on any atom is 0.273 e. The van der Waals surface area contributed by atoms with Crippen molar-refractivity contribution in [3.8, 4) is 0 Å². The van der Waals surface area contributed by atoms with Crippen LogP contribution in [0, 0.1) is 24.0 Å². The fourth-order valence-corrected chi connectivity index (χ4v) is 2.72. The van der Waals surface area contributed by atoms with Crippen molar-refractivity contribution in [1.29, 1.82) is 0 Å². The second kappa shape index (κ2) is 4.73. The average Bonchev–Trinajstić information content (AvgIpc) is 2.56. The molecule has 0 bridgehead atoms. The minimum atomic E-state index is -0.868. The molecule has 100 valence electrons. The zero-order chi connectivity index (χ0) is 14.3. The molecule has 1 heterocycles. The molecule has 1 fully saturated rings. The van der Waals surface area contributed by atoms with Gasteiger partial charge in [-0.05, 0) is 31.0 Å². The van der Waals surface area contributed by atoms with Crippen molar-refractivity contribution in [2.24, 2.45) is 0 Å². The molecule has 1 aromatic carbocycles. The highest BCUT2D eigenvalue weighted by Crippen LogP contribution is 2.36. The van der Waals surface area contributed by atoms with E-state index in [4.69, 9.17) is 0 Å². The summed E-state index contributed by atoms with van der Waals surface area (Å²) in [5.41, 5.74) is 1.74. The van der Waals surface area contributed by atoms with Crippen LogP contribution in [0.2, 0.25) is 0 Å². The van der Waals surface area contributed by atoms with Crippen molar-refractivity contribution in [2.75, 3.05) is 0 Å². The quantitative estimate of drug-likeness (QED) is 0.388. The van der Waals surface area contributed by atoms with Crippen LogP contribution < -0.4 is 5.32 Å². The molecule has 1 saturated heterocycles. The van der Waals surface area contributed by atoms with Gasteiger partial charge in [-0.15, -0.1) is 0 Å². The molecule has 0 aromatic heterocycles. The molecule has 0 spiro atoms. The van der Waals surface area contributed by atoms with Crippen molar-refractivity contribution >= 4 is 33.4 Å². The Morgan fingerprint density at radius 1 is 1.21 bits per heavy atom. The van der Waals surface area contributed by atoms with Gasteiger partial charge < -0.3 is 0 Å². The van der Waals surface area contributed by atoms with Crippen LogP contribution in [0.15, 0.2) is 12.1 Å². The van der Waals surface area contributed by atoms with E-state index in [2.05, 4.69) is 21.2 Å². The lowest BCUT2D eigenvalue weighted by Gasteiger charge is -2.13. The topological polar surface area (TPSA) is 89.3 Å². The van der Waals surface area contributed by atoms with Gasteiger partial charge in [-0.1, -0.05) is 15.9 Å². The second-order valence-corrected chi connectivity index (χ2v) is 5.47. The Morgan fingerprint density at radius 2 is 1.79 bits per heavy atom. The molecule has 2 amide bonds. The smallest absolute Gasteiger partial charge is 0.273 e. The number of alkyl halides is 1. The molecule has 2 unspecified atom stereocenters. The molecule has 1 N–H and O–H groups in total. The first kappa shape index (κ1) is 13.7. The van der Waals surface area contributed by atoms with Crippen LogP contribution in [-0.4, -0.2) is 21.6 Å². The van der Waals surface area contributed by atoms with E-state index in [9.17, 15) is 19.7 Å². The SMILES string of the molecule is Cc1cc(C2C(=O)NC(=O)C2Br)c([N+](=O)[O-])cc1C. The number of nitro benzene ring substituents is 1. The monoisotopic (exact) mass is 326 g/mol. The van der Waals surface area contributed by atoms with E-state index in [1.165, 1.54) is 6.07 Å². The molecule has 2 rings (SSSR count). The summed E-state index contributed by atoms with van der Waals surface area (Å²) in [6.45, 7) is 3.57. The predicted octanol–water partition coefficient (Wildman–Crippen LogP) is 1.72. The Bertz CT molecular complexity index is 600. The summed E-state index contributed by atoms with van der Waals surface area (Å²) in [5.74, 6) is -1.85. The Balaban J connectivity index is 2.61. The Kier molecular flexibility index (Phi) is 3.40. The van der Waals surface area contributed by atoms with Crippen molar-refractivity contribution in [1.82, 2.24) is 5.32 Å². The average molecular weight is 327 g/mol. The molecule has 1 aliphatic rings. The number of amides is 2. The van der Waals surface area contributed by atoms with Crippen LogP contribution in [0.4, 0.5) is 5.69 Å². The second-order valence-electron chi connectivity index (χ2n) is 4.49. The fourth-order valence-electron chi connectivity index (χ4n) is 2.08. The van der Waals surface area contributed by atoms with Crippen LogP contribution in [-0.2, 0) is 9.59 Å². The molecular formula is C12H11BrN2O4. The number of carbonyl (C=O) groups is 2. The first-order valence-electron chi connectivity index (χ1n) is 5.57. The van der Waals surface area contributed by atoms with Crippen LogP contribution >= 0.6 is 15.9 Å². The minimum Gasteiger partial charge on any atom is -0.295 e. The number of nitro groups is 1. The largest absolute Gasteiger partial charge is 0.295 e. The van der Waals surface area contributed by atoms with Gasteiger partial charge in [0.15, 0.2) is 0 Å². The van der Waals surface area contributed by atoms with Crippen LogP contribution in [0.1, 0.15) is 22.6 Å². The highest BCUT2D eigenvalue weighted by atomic mass is 79.9. The third-order valence-electron chi connectivity index (χ3n) is 3.25. The maximum atomic E-state index is 11.8. The third-order valence-corrected chi connectivity index (χ3v) is 4.19. The molecule has 6 nitrogen and oxygen atoms in total. The van der Waals surface area contributed by atoms with Crippen molar-refractivity contribution in [2.45, 2.75) is 24.6 Å². The number of hydrogen-bond donors (Lipinski definition) is 1. The zero-order valence-electron chi connectivity index (χ0n) is 10.3. The van der Waals surface area contributed by atoms with Gasteiger partial charge in [-0.25, -0.2) is 0 Å². The van der Waals surface area contributed by atoms with Gasteiger partial charge in [0.25, 0.3) is 5.69 Å². The number of hydrogen-bond acceptors (Lipinski definition) is 4. The van der Waals surface area contributed by atoms with Crippen LogP contribution in [0.3, 0.4) is 0 Å². The number of halogens is 1. The summed E-state index contributed by atoms with van der Waals surface area (Å²) in [5, 5.41) is 13.3. The van der Waals surface area contributed by atoms with Gasteiger partial charge in [-0.3, -0.25) is 25.0 Å². The first-order chi connectivity index (χ1) is 8.82. The number of nitrogens with zero attached hydrogens (tertiary/aromatic N) is 1. The number of aryl methyl sites for hydroxylation is 2. The van der Waals surface area contributed by atoms with Crippen molar-refractivity contribution in [3.63, 3.8) is 0 Å². The van der Waals surface area contributed by atoms with E-state index in [1.54, 1.807) is 19.9 Å². The normalized spacial score (nSPS) is 22.5. The molecule has 1 aliphatic heterocycles. The van der Waals surface area contributed by atoms with Gasteiger partial charge in [0.05, 0.1) is 10.8 Å². The van der Waals surface area contributed by atoms with Gasteiger partial charge in [-0.2, -0.15) is 0 Å². The molecule has 19 heavy (non-hydrogen) atoms. The lowest BCUT2D eigenvalue weighted by atomic mass is 9.92. The highest BCUT2D eigenvalue weighted by molar-refractivity contribution is 9.10. The molecule has 0 radical (unpaired) electrons.